The van der Waals surface area contributed by atoms with Crippen LogP contribution in [0.5, 0.6) is 0 Å². The minimum absolute atomic E-state index is 0.00625. The molecule has 2 saturated carbocycles. The predicted molar refractivity (Wildman–Crippen MR) is 130 cm³/mol. The molecule has 8 nitrogen and oxygen atoms in total. The van der Waals surface area contributed by atoms with Gasteiger partial charge in [-0.15, -0.1) is 0 Å². The normalized spacial score (nSPS) is 24.6. The molecule has 0 spiro atoms. The first-order valence-electron chi connectivity index (χ1n) is 13.4. The number of carbonyl (C=O) groups is 1. The number of nitrogens with one attached hydrogen (secondary N) is 3. The van der Waals surface area contributed by atoms with Crippen molar-refractivity contribution in [2.45, 2.75) is 95.4 Å². The highest BCUT2D eigenvalue weighted by molar-refractivity contribution is 5.75. The van der Waals surface area contributed by atoms with E-state index in [-0.39, 0.29) is 18.1 Å². The molecule has 186 valence electrons. The summed E-state index contributed by atoms with van der Waals surface area (Å²) < 4.78 is 0. The highest BCUT2D eigenvalue weighted by Gasteiger charge is 2.36. The number of imidazole rings is 1. The van der Waals surface area contributed by atoms with Gasteiger partial charge < -0.3 is 20.3 Å². The number of aromatic amines is 1. The van der Waals surface area contributed by atoms with Gasteiger partial charge in [-0.1, -0.05) is 51.4 Å². The van der Waals surface area contributed by atoms with Crippen LogP contribution in [-0.2, 0) is 6.42 Å². The summed E-state index contributed by atoms with van der Waals surface area (Å²) >= 11 is 0. The Hall–Kier alpha value is -1.64. The number of aliphatic hydroxyl groups excluding tert-OH is 1. The third kappa shape index (κ3) is 7.42. The Morgan fingerprint density at radius 2 is 1.88 bits per heavy atom. The average molecular weight is 461 g/mol. The molecule has 3 fully saturated rings. The van der Waals surface area contributed by atoms with E-state index in [2.05, 4.69) is 25.5 Å². The fourth-order valence-electron chi connectivity index (χ4n) is 5.85. The van der Waals surface area contributed by atoms with Crippen molar-refractivity contribution in [3.05, 3.63) is 18.2 Å². The Morgan fingerprint density at radius 3 is 2.61 bits per heavy atom. The van der Waals surface area contributed by atoms with Gasteiger partial charge >= 0.3 is 6.03 Å². The lowest BCUT2D eigenvalue weighted by atomic mass is 9.87. The second kappa shape index (κ2) is 12.7. The van der Waals surface area contributed by atoms with Crippen LogP contribution in [0, 0.1) is 5.92 Å². The van der Waals surface area contributed by atoms with Crippen LogP contribution in [-0.4, -0.2) is 81.9 Å². The highest BCUT2D eigenvalue weighted by Crippen LogP contribution is 2.27. The SMILES string of the molecule is O=C(NC1CCCCC1)N1CCN(CCC2CCCCC2)CC1C(O)NCCc1cnc[nH]1. The quantitative estimate of drug-likeness (QED) is 0.425. The fourth-order valence-corrected chi connectivity index (χ4v) is 5.85. The molecule has 8 heteroatoms. The molecule has 2 amide bonds. The van der Waals surface area contributed by atoms with E-state index in [9.17, 15) is 9.90 Å². The lowest BCUT2D eigenvalue weighted by molar-refractivity contribution is -0.00418. The second-order valence-electron chi connectivity index (χ2n) is 10.4. The summed E-state index contributed by atoms with van der Waals surface area (Å²) in [4.78, 5) is 24.7. The van der Waals surface area contributed by atoms with Gasteiger partial charge in [0.15, 0.2) is 0 Å². The van der Waals surface area contributed by atoms with E-state index in [0.717, 1.165) is 50.5 Å². The zero-order valence-electron chi connectivity index (χ0n) is 20.2. The monoisotopic (exact) mass is 460 g/mol. The Labute approximate surface area is 198 Å². The highest BCUT2D eigenvalue weighted by atomic mass is 16.3. The van der Waals surface area contributed by atoms with Gasteiger partial charge in [0.2, 0.25) is 0 Å². The molecule has 2 aliphatic carbocycles. The van der Waals surface area contributed by atoms with Gasteiger partial charge in [0, 0.05) is 50.5 Å². The standard InChI is InChI=1S/C25H44N6O2/c32-24(27-13-11-22-17-26-19-28-22)23-18-30(14-12-20-7-3-1-4-8-20)15-16-31(23)25(33)29-21-9-5-2-6-10-21/h17,19-21,23-24,27,32H,1-16,18H2,(H,26,28)(H,29,33). The summed E-state index contributed by atoms with van der Waals surface area (Å²) in [6.07, 6.45) is 17.4. The van der Waals surface area contributed by atoms with Gasteiger partial charge in [-0.05, 0) is 31.7 Å². The molecule has 1 saturated heterocycles. The van der Waals surface area contributed by atoms with Crippen LogP contribution in [0.25, 0.3) is 0 Å². The molecular formula is C25H44N6O2. The first kappa shape index (κ1) is 24.5. The third-order valence-corrected chi connectivity index (χ3v) is 7.94. The van der Waals surface area contributed by atoms with Crippen LogP contribution in [0.1, 0.15) is 76.3 Å². The molecule has 1 aliphatic heterocycles. The maximum absolute atomic E-state index is 13.2. The largest absolute Gasteiger partial charge is 0.376 e. The number of aliphatic hydroxyl groups is 1. The molecule has 1 aromatic rings. The zero-order valence-corrected chi connectivity index (χ0v) is 20.2. The van der Waals surface area contributed by atoms with Gasteiger partial charge in [-0.3, -0.25) is 10.2 Å². The molecule has 0 aromatic carbocycles. The number of H-pyrrole nitrogens is 1. The molecule has 4 N–H and O–H groups in total. The molecule has 33 heavy (non-hydrogen) atoms. The van der Waals surface area contributed by atoms with Crippen LogP contribution < -0.4 is 10.6 Å². The molecule has 3 aliphatic rings. The van der Waals surface area contributed by atoms with Gasteiger partial charge in [0.1, 0.15) is 6.23 Å². The van der Waals surface area contributed by atoms with E-state index in [0.29, 0.717) is 13.1 Å². The minimum atomic E-state index is -0.748. The maximum Gasteiger partial charge on any atom is 0.318 e. The smallest absolute Gasteiger partial charge is 0.318 e. The number of aromatic nitrogens is 2. The number of rotatable bonds is 9. The van der Waals surface area contributed by atoms with E-state index in [1.165, 1.54) is 57.8 Å². The van der Waals surface area contributed by atoms with Crippen molar-refractivity contribution in [2.75, 3.05) is 32.7 Å². The molecular weight excluding hydrogens is 416 g/mol. The maximum atomic E-state index is 13.2. The van der Waals surface area contributed by atoms with Gasteiger partial charge in [-0.2, -0.15) is 0 Å². The summed E-state index contributed by atoms with van der Waals surface area (Å²) in [5.41, 5.74) is 1.04. The van der Waals surface area contributed by atoms with E-state index in [1.807, 2.05) is 11.1 Å². The number of nitrogens with zero attached hydrogens (tertiary/aromatic N) is 3. The first-order valence-corrected chi connectivity index (χ1v) is 13.4. The summed E-state index contributed by atoms with van der Waals surface area (Å²) in [7, 11) is 0. The van der Waals surface area contributed by atoms with Crippen molar-refractivity contribution < 1.29 is 9.90 Å². The Morgan fingerprint density at radius 1 is 1.12 bits per heavy atom. The number of carbonyl (C=O) groups excluding carboxylic acids is 1. The molecule has 0 radical (unpaired) electrons. The number of urea groups is 1. The Kier molecular flexibility index (Phi) is 9.44. The Bertz CT molecular complexity index is 687. The van der Waals surface area contributed by atoms with Crippen molar-refractivity contribution >= 4 is 6.03 Å². The summed E-state index contributed by atoms with van der Waals surface area (Å²) in [5.74, 6) is 0.849. The third-order valence-electron chi connectivity index (χ3n) is 7.94. The van der Waals surface area contributed by atoms with Crippen molar-refractivity contribution in [3.8, 4) is 0 Å². The zero-order chi connectivity index (χ0) is 22.9. The predicted octanol–water partition coefficient (Wildman–Crippen LogP) is 2.86. The molecule has 2 heterocycles. The summed E-state index contributed by atoms with van der Waals surface area (Å²) in [6.45, 7) is 4.00. The summed E-state index contributed by atoms with van der Waals surface area (Å²) in [6, 6.07) is 0.0328. The summed E-state index contributed by atoms with van der Waals surface area (Å²) in [5, 5.41) is 17.6. The van der Waals surface area contributed by atoms with Crippen LogP contribution in [0.15, 0.2) is 12.5 Å². The topological polar surface area (TPSA) is 96.5 Å². The molecule has 0 bridgehead atoms. The van der Waals surface area contributed by atoms with Crippen LogP contribution >= 0.6 is 0 Å². The minimum Gasteiger partial charge on any atom is -0.376 e. The lowest BCUT2D eigenvalue weighted by Crippen LogP contribution is -2.64. The van der Waals surface area contributed by atoms with Gasteiger partial charge in [-0.25, -0.2) is 9.78 Å². The van der Waals surface area contributed by atoms with E-state index >= 15 is 0 Å². The van der Waals surface area contributed by atoms with Crippen molar-refractivity contribution in [3.63, 3.8) is 0 Å². The van der Waals surface area contributed by atoms with Gasteiger partial charge in [0.25, 0.3) is 0 Å². The average Bonchev–Trinajstić information content (AvgIpc) is 3.37. The van der Waals surface area contributed by atoms with E-state index in [4.69, 9.17) is 0 Å². The van der Waals surface area contributed by atoms with E-state index < -0.39 is 6.23 Å². The van der Waals surface area contributed by atoms with Gasteiger partial charge in [0.05, 0.1) is 12.4 Å². The second-order valence-corrected chi connectivity index (χ2v) is 10.4. The van der Waals surface area contributed by atoms with Crippen LogP contribution in [0.3, 0.4) is 0 Å². The number of amides is 2. The Balaban J connectivity index is 1.32. The molecule has 4 rings (SSSR count). The molecule has 2 atom stereocenters. The van der Waals surface area contributed by atoms with Crippen molar-refractivity contribution in [1.29, 1.82) is 0 Å². The molecule has 1 aromatic heterocycles. The number of hydrogen-bond acceptors (Lipinski definition) is 5. The molecule has 2 unspecified atom stereocenters. The lowest BCUT2D eigenvalue weighted by Gasteiger charge is -2.44. The van der Waals surface area contributed by atoms with Crippen LogP contribution in [0.4, 0.5) is 4.79 Å². The van der Waals surface area contributed by atoms with Crippen LogP contribution in [0.2, 0.25) is 0 Å². The van der Waals surface area contributed by atoms with Crippen molar-refractivity contribution in [2.24, 2.45) is 5.92 Å². The number of piperazine rings is 1. The fraction of sp³-hybridized carbons (Fsp3) is 0.840. The van der Waals surface area contributed by atoms with Crippen molar-refractivity contribution in [1.82, 2.24) is 30.4 Å². The number of hydrogen-bond donors (Lipinski definition) is 4. The first-order chi connectivity index (χ1) is 16.2. The van der Waals surface area contributed by atoms with E-state index in [1.54, 1.807) is 6.33 Å².